The number of rotatable bonds is 10. The molecule has 1 fully saturated rings. The maximum Gasteiger partial charge on any atom is 0.319 e. The zero-order valence-corrected chi connectivity index (χ0v) is 24.7. The van der Waals surface area contributed by atoms with Crippen molar-refractivity contribution >= 4 is 23.3 Å². The summed E-state index contributed by atoms with van der Waals surface area (Å²) in [6, 6.07) is 29.9. The average molecular weight is 604 g/mol. The minimum Gasteiger partial charge on any atom is -0.385 e. The number of urea groups is 1. The van der Waals surface area contributed by atoms with Gasteiger partial charge in [-0.05, 0) is 73.2 Å². The van der Waals surface area contributed by atoms with Crippen LogP contribution in [0.5, 0.6) is 0 Å². The lowest BCUT2D eigenvalue weighted by molar-refractivity contribution is -0.0262. The first-order valence-electron chi connectivity index (χ1n) is 14.6. The van der Waals surface area contributed by atoms with Gasteiger partial charge in [0.25, 0.3) is 0 Å². The number of anilines is 1. The van der Waals surface area contributed by atoms with Crippen molar-refractivity contribution in [3.05, 3.63) is 136 Å². The number of hydrogen-bond donors (Lipinski definition) is 3. The molecule has 5 nitrogen and oxygen atoms in total. The Morgan fingerprint density at radius 1 is 0.884 bits per heavy atom. The Bertz CT molecular complexity index is 1460. The van der Waals surface area contributed by atoms with Gasteiger partial charge >= 0.3 is 6.03 Å². The second-order valence-electron chi connectivity index (χ2n) is 11.2. The van der Waals surface area contributed by atoms with Gasteiger partial charge in [-0.2, -0.15) is 0 Å². The molecule has 0 atom stereocenters. The van der Waals surface area contributed by atoms with Crippen molar-refractivity contribution in [1.29, 1.82) is 0 Å². The zero-order valence-electron chi connectivity index (χ0n) is 23.9. The third-order valence-corrected chi connectivity index (χ3v) is 8.77. The van der Waals surface area contributed by atoms with Gasteiger partial charge in [0.2, 0.25) is 0 Å². The minimum absolute atomic E-state index is 0.216. The summed E-state index contributed by atoms with van der Waals surface area (Å²) in [6.07, 6.45) is 2.84. The van der Waals surface area contributed by atoms with E-state index in [1.54, 1.807) is 0 Å². The van der Waals surface area contributed by atoms with E-state index in [9.17, 15) is 18.7 Å². The Morgan fingerprint density at radius 2 is 1.49 bits per heavy atom. The molecule has 0 unspecified atom stereocenters. The number of nitrogens with one attached hydrogen (secondary N) is 2. The van der Waals surface area contributed by atoms with Crippen LogP contribution in [-0.2, 0) is 11.0 Å². The quantitative estimate of drug-likeness (QED) is 0.176. The number of hydrogen-bond acceptors (Lipinski definition) is 3. The summed E-state index contributed by atoms with van der Waals surface area (Å²) in [6.45, 7) is 2.62. The molecule has 224 valence electrons. The predicted octanol–water partition coefficient (Wildman–Crippen LogP) is 7.49. The van der Waals surface area contributed by atoms with E-state index in [2.05, 4.69) is 39.8 Å². The highest BCUT2D eigenvalue weighted by Gasteiger charge is 2.36. The van der Waals surface area contributed by atoms with E-state index in [1.807, 2.05) is 60.7 Å². The molecule has 0 radical (unpaired) electrons. The molecule has 1 aliphatic rings. The lowest BCUT2D eigenvalue weighted by Gasteiger charge is -2.40. The summed E-state index contributed by atoms with van der Waals surface area (Å²) in [7, 11) is 0. The summed E-state index contributed by atoms with van der Waals surface area (Å²) in [4.78, 5) is 15.3. The highest BCUT2D eigenvalue weighted by Crippen LogP contribution is 2.38. The van der Waals surface area contributed by atoms with Crippen LogP contribution in [0.25, 0.3) is 0 Å². The summed E-state index contributed by atoms with van der Waals surface area (Å²) >= 11 is 6.04. The van der Waals surface area contributed by atoms with Crippen molar-refractivity contribution in [3.63, 3.8) is 0 Å². The summed E-state index contributed by atoms with van der Waals surface area (Å²) in [5.41, 5.74) is 1.35. The van der Waals surface area contributed by atoms with Crippen molar-refractivity contribution in [2.24, 2.45) is 0 Å². The Labute approximate surface area is 256 Å². The largest absolute Gasteiger partial charge is 0.385 e. The normalized spacial score (nSPS) is 15.2. The fourth-order valence-corrected chi connectivity index (χ4v) is 6.18. The molecule has 0 spiro atoms. The van der Waals surface area contributed by atoms with E-state index in [4.69, 9.17) is 11.6 Å². The summed E-state index contributed by atoms with van der Waals surface area (Å²) < 4.78 is 27.9. The molecular formula is C35H36ClF2N3O2. The Morgan fingerprint density at radius 3 is 2.09 bits per heavy atom. The Hall–Kier alpha value is -3.78. The number of nitrogens with zero attached hydrogens (tertiary/aromatic N) is 1. The van der Waals surface area contributed by atoms with Crippen LogP contribution in [0.1, 0.15) is 42.4 Å². The van der Waals surface area contributed by atoms with Crippen LogP contribution in [0.2, 0.25) is 5.02 Å². The molecule has 1 saturated heterocycles. The van der Waals surface area contributed by atoms with Crippen LogP contribution in [-0.4, -0.2) is 42.2 Å². The Kier molecular flexibility index (Phi) is 9.76. The van der Waals surface area contributed by atoms with Crippen molar-refractivity contribution in [1.82, 2.24) is 10.2 Å². The third-order valence-electron chi connectivity index (χ3n) is 8.52. The van der Waals surface area contributed by atoms with Crippen molar-refractivity contribution in [3.8, 4) is 0 Å². The van der Waals surface area contributed by atoms with Crippen LogP contribution < -0.4 is 10.6 Å². The van der Waals surface area contributed by atoms with Gasteiger partial charge in [0, 0.05) is 36.1 Å². The van der Waals surface area contributed by atoms with Crippen molar-refractivity contribution in [2.75, 3.05) is 31.5 Å². The van der Waals surface area contributed by atoms with E-state index in [0.717, 1.165) is 67.4 Å². The maximum absolute atomic E-state index is 14.2. The first kappa shape index (κ1) is 30.7. The molecule has 5 rings (SSSR count). The second kappa shape index (κ2) is 13.7. The van der Waals surface area contributed by atoms with E-state index >= 15 is 0 Å². The van der Waals surface area contributed by atoms with E-state index in [-0.39, 0.29) is 12.2 Å². The molecule has 1 heterocycles. The number of halogens is 3. The molecular weight excluding hydrogens is 568 g/mol. The fourth-order valence-electron chi connectivity index (χ4n) is 6.05. The monoisotopic (exact) mass is 603 g/mol. The summed E-state index contributed by atoms with van der Waals surface area (Å²) in [5.74, 6) is -1.35. The number of carbonyl (C=O) groups excluding carboxylic acids is 1. The number of likely N-dealkylation sites (tertiary alicyclic amines) is 1. The topological polar surface area (TPSA) is 64.6 Å². The van der Waals surface area contributed by atoms with Crippen LogP contribution in [0.3, 0.4) is 0 Å². The lowest BCUT2D eigenvalue weighted by atomic mass is 9.71. The molecule has 4 aromatic carbocycles. The summed E-state index contributed by atoms with van der Waals surface area (Å²) in [5, 5.41) is 17.4. The van der Waals surface area contributed by atoms with Gasteiger partial charge in [0.15, 0.2) is 0 Å². The minimum atomic E-state index is -0.864. The Balaban J connectivity index is 1.30. The first-order valence-corrected chi connectivity index (χ1v) is 15.0. The first-order chi connectivity index (χ1) is 20.8. The number of piperidine rings is 1. The van der Waals surface area contributed by atoms with Gasteiger partial charge in [0.05, 0.1) is 11.3 Å². The molecule has 8 heteroatoms. The molecule has 0 bridgehead atoms. The maximum atomic E-state index is 14.2. The van der Waals surface area contributed by atoms with Gasteiger partial charge in [-0.15, -0.1) is 0 Å². The SMILES string of the molecule is O=C(NCC(CCCN1CCC(O)(c2ccc(Cl)cc2)CC1)(c1ccccc1)c1ccccc1)Nc1cc(F)ccc1F. The number of amides is 2. The number of benzene rings is 4. The van der Waals surface area contributed by atoms with Crippen LogP contribution >= 0.6 is 11.6 Å². The van der Waals surface area contributed by atoms with Crippen LogP contribution in [0.4, 0.5) is 19.3 Å². The smallest absolute Gasteiger partial charge is 0.319 e. The molecule has 0 aliphatic carbocycles. The second-order valence-corrected chi connectivity index (χ2v) is 11.7. The highest BCUT2D eigenvalue weighted by atomic mass is 35.5. The third kappa shape index (κ3) is 7.42. The van der Waals surface area contributed by atoms with Crippen molar-refractivity contribution < 1.29 is 18.7 Å². The molecule has 2 amide bonds. The van der Waals surface area contributed by atoms with Gasteiger partial charge in [-0.25, -0.2) is 13.6 Å². The molecule has 0 aromatic heterocycles. The van der Waals surface area contributed by atoms with Crippen LogP contribution in [0.15, 0.2) is 103 Å². The standard InChI is InChI=1S/C35H36ClF2N3O2/c36-29-14-12-28(13-15-29)35(43)19-22-41(23-20-35)21-7-18-34(26-8-3-1-4-9-26,27-10-5-2-6-11-27)25-39-33(42)40-32-24-30(37)16-17-31(32)38/h1-6,8-17,24,43H,7,18-23,25H2,(H2,39,40,42). The molecule has 4 aromatic rings. The molecule has 43 heavy (non-hydrogen) atoms. The van der Waals surface area contributed by atoms with Gasteiger partial charge in [-0.1, -0.05) is 84.4 Å². The van der Waals surface area contributed by atoms with Crippen molar-refractivity contribution in [2.45, 2.75) is 36.7 Å². The number of carbonyl (C=O) groups is 1. The average Bonchev–Trinajstić information content (AvgIpc) is 3.03. The number of aliphatic hydroxyl groups is 1. The van der Waals surface area contributed by atoms with E-state index in [1.165, 1.54) is 0 Å². The van der Waals surface area contributed by atoms with E-state index in [0.29, 0.717) is 17.9 Å². The van der Waals surface area contributed by atoms with E-state index < -0.39 is 28.7 Å². The molecule has 0 saturated carbocycles. The zero-order chi connectivity index (χ0) is 30.3. The van der Waals surface area contributed by atoms with Gasteiger partial charge < -0.3 is 20.6 Å². The lowest BCUT2D eigenvalue weighted by Crippen LogP contribution is -2.45. The fraction of sp³-hybridized carbons (Fsp3) is 0.286. The molecule has 3 N–H and O–H groups in total. The van der Waals surface area contributed by atoms with Gasteiger partial charge in [-0.3, -0.25) is 0 Å². The highest BCUT2D eigenvalue weighted by molar-refractivity contribution is 6.30. The predicted molar refractivity (Wildman–Crippen MR) is 167 cm³/mol. The van der Waals surface area contributed by atoms with Crippen LogP contribution in [0, 0.1) is 11.6 Å². The van der Waals surface area contributed by atoms with Gasteiger partial charge in [0.1, 0.15) is 11.6 Å². The molecule has 1 aliphatic heterocycles.